The van der Waals surface area contributed by atoms with Gasteiger partial charge in [-0.25, -0.2) is 0 Å². The van der Waals surface area contributed by atoms with Gasteiger partial charge >= 0.3 is 0 Å². The molecule has 0 spiro atoms. The van der Waals surface area contributed by atoms with Gasteiger partial charge in [-0.05, 0) is 30.0 Å². The van der Waals surface area contributed by atoms with E-state index >= 15 is 0 Å². The minimum Gasteiger partial charge on any atom is -0.330 e. The first-order valence-corrected chi connectivity index (χ1v) is 6.32. The third-order valence-corrected chi connectivity index (χ3v) is 3.45. The van der Waals surface area contributed by atoms with Crippen molar-refractivity contribution in [3.63, 3.8) is 0 Å². The molecule has 1 aliphatic rings. The molecule has 0 aliphatic carbocycles. The Morgan fingerprint density at radius 2 is 1.88 bits per heavy atom. The lowest BCUT2D eigenvalue weighted by Gasteiger charge is -2.21. The van der Waals surface area contributed by atoms with Crippen molar-refractivity contribution in [3.8, 4) is 0 Å². The van der Waals surface area contributed by atoms with Gasteiger partial charge in [-0.15, -0.1) is 0 Å². The molecule has 2 N–H and O–H groups in total. The van der Waals surface area contributed by atoms with Gasteiger partial charge in [0.2, 0.25) is 0 Å². The third-order valence-electron chi connectivity index (χ3n) is 3.45. The summed E-state index contributed by atoms with van der Waals surface area (Å²) in [6.45, 7) is 6.42. The van der Waals surface area contributed by atoms with E-state index in [0.29, 0.717) is 5.92 Å². The molecule has 0 saturated heterocycles. The van der Waals surface area contributed by atoms with Gasteiger partial charge in [0.15, 0.2) is 0 Å². The van der Waals surface area contributed by atoms with Crippen LogP contribution in [0.2, 0.25) is 0 Å². The molecule has 1 aromatic rings. The van der Waals surface area contributed by atoms with Crippen molar-refractivity contribution >= 4 is 0 Å². The first-order valence-electron chi connectivity index (χ1n) is 6.32. The summed E-state index contributed by atoms with van der Waals surface area (Å²) in [5.74, 6) is 0.666. The smallest absolute Gasteiger partial charge is 0.0240 e. The van der Waals surface area contributed by atoms with Crippen LogP contribution in [-0.4, -0.2) is 18.0 Å². The topological polar surface area (TPSA) is 29.3 Å². The number of nitrogens with two attached hydrogens (primary N) is 1. The minimum atomic E-state index is 0.666. The molecular formula is C14H22N2. The average molecular weight is 218 g/mol. The van der Waals surface area contributed by atoms with Crippen molar-refractivity contribution in [1.29, 1.82) is 0 Å². The highest BCUT2D eigenvalue weighted by Gasteiger charge is 2.20. The van der Waals surface area contributed by atoms with Crippen molar-refractivity contribution in [3.05, 3.63) is 35.4 Å². The van der Waals surface area contributed by atoms with E-state index in [1.807, 2.05) is 0 Å². The summed E-state index contributed by atoms with van der Waals surface area (Å²) in [6, 6.07) is 8.75. The largest absolute Gasteiger partial charge is 0.330 e. The van der Waals surface area contributed by atoms with E-state index in [1.54, 1.807) is 0 Å². The summed E-state index contributed by atoms with van der Waals surface area (Å²) < 4.78 is 0. The Balaban J connectivity index is 1.91. The molecule has 2 nitrogen and oxygen atoms in total. The monoisotopic (exact) mass is 218 g/mol. The number of benzene rings is 1. The summed E-state index contributed by atoms with van der Waals surface area (Å²) >= 11 is 0. The number of fused-ring (bicyclic) bond motifs is 1. The molecule has 0 fully saturated rings. The fraction of sp³-hybridized carbons (Fsp3) is 0.571. The van der Waals surface area contributed by atoms with Crippen LogP contribution >= 0.6 is 0 Å². The van der Waals surface area contributed by atoms with E-state index < -0.39 is 0 Å². The van der Waals surface area contributed by atoms with Gasteiger partial charge < -0.3 is 5.73 Å². The molecule has 0 bridgehead atoms. The number of hydrogen-bond acceptors (Lipinski definition) is 2. The zero-order valence-electron chi connectivity index (χ0n) is 10.2. The first-order chi connectivity index (χ1) is 7.83. The van der Waals surface area contributed by atoms with Crippen LogP contribution in [0.25, 0.3) is 0 Å². The fourth-order valence-corrected chi connectivity index (χ4v) is 2.59. The van der Waals surface area contributed by atoms with Crippen molar-refractivity contribution in [2.45, 2.75) is 32.9 Å². The lowest BCUT2D eigenvalue weighted by molar-refractivity contribution is 0.231. The molecule has 0 amide bonds. The first kappa shape index (κ1) is 11.6. The maximum atomic E-state index is 5.82. The van der Waals surface area contributed by atoms with E-state index in [-0.39, 0.29) is 0 Å². The minimum absolute atomic E-state index is 0.666. The molecule has 2 rings (SSSR count). The van der Waals surface area contributed by atoms with Crippen molar-refractivity contribution in [2.24, 2.45) is 11.7 Å². The zero-order valence-corrected chi connectivity index (χ0v) is 10.2. The molecule has 16 heavy (non-hydrogen) atoms. The SMILES string of the molecule is CCCC(CN)CN1Cc2ccccc2C1. The maximum absolute atomic E-state index is 5.82. The number of hydrogen-bond donors (Lipinski definition) is 1. The van der Waals surface area contributed by atoms with Crippen LogP contribution in [0.3, 0.4) is 0 Å². The zero-order chi connectivity index (χ0) is 11.4. The van der Waals surface area contributed by atoms with Gasteiger partial charge in [-0.3, -0.25) is 4.90 Å². The molecule has 0 aromatic heterocycles. The molecule has 1 atom stereocenters. The van der Waals surface area contributed by atoms with Gasteiger partial charge in [0.05, 0.1) is 0 Å². The van der Waals surface area contributed by atoms with Gasteiger partial charge in [0.25, 0.3) is 0 Å². The third kappa shape index (κ3) is 2.63. The standard InChI is InChI=1S/C14H22N2/c1-2-5-12(8-15)9-16-10-13-6-3-4-7-14(13)11-16/h3-4,6-7,12H,2,5,8-11,15H2,1H3. The fourth-order valence-electron chi connectivity index (χ4n) is 2.59. The van der Waals surface area contributed by atoms with Crippen molar-refractivity contribution in [1.82, 2.24) is 4.90 Å². The lowest BCUT2D eigenvalue weighted by Crippen LogP contribution is -2.29. The summed E-state index contributed by atoms with van der Waals surface area (Å²) in [4.78, 5) is 2.53. The second-order valence-electron chi connectivity index (χ2n) is 4.83. The van der Waals surface area contributed by atoms with Gasteiger partial charge in [-0.2, -0.15) is 0 Å². The highest BCUT2D eigenvalue weighted by atomic mass is 15.1. The van der Waals surface area contributed by atoms with E-state index in [9.17, 15) is 0 Å². The van der Waals surface area contributed by atoms with Crippen LogP contribution in [0.4, 0.5) is 0 Å². The van der Waals surface area contributed by atoms with Crippen LogP contribution in [0.1, 0.15) is 30.9 Å². The van der Waals surface area contributed by atoms with Gasteiger partial charge in [-0.1, -0.05) is 37.6 Å². The highest BCUT2D eigenvalue weighted by Crippen LogP contribution is 2.23. The Labute approximate surface area is 98.4 Å². The molecular weight excluding hydrogens is 196 g/mol. The van der Waals surface area contributed by atoms with E-state index in [0.717, 1.165) is 26.2 Å². The Kier molecular flexibility index (Phi) is 3.97. The lowest BCUT2D eigenvalue weighted by atomic mass is 10.0. The van der Waals surface area contributed by atoms with Crippen molar-refractivity contribution in [2.75, 3.05) is 13.1 Å². The Hall–Kier alpha value is -0.860. The molecule has 1 aliphatic heterocycles. The molecule has 1 heterocycles. The molecule has 1 unspecified atom stereocenters. The summed E-state index contributed by atoms with van der Waals surface area (Å²) in [5.41, 5.74) is 8.81. The van der Waals surface area contributed by atoms with Crippen LogP contribution in [-0.2, 0) is 13.1 Å². The molecule has 88 valence electrons. The Morgan fingerprint density at radius 3 is 2.38 bits per heavy atom. The van der Waals surface area contributed by atoms with E-state index in [2.05, 4.69) is 36.1 Å². The van der Waals surface area contributed by atoms with Crippen molar-refractivity contribution < 1.29 is 0 Å². The van der Waals surface area contributed by atoms with E-state index in [1.165, 1.54) is 24.0 Å². The van der Waals surface area contributed by atoms with Crippen LogP contribution in [0, 0.1) is 5.92 Å². The molecule has 1 aromatic carbocycles. The highest BCUT2D eigenvalue weighted by molar-refractivity contribution is 5.30. The summed E-state index contributed by atoms with van der Waals surface area (Å²) in [6.07, 6.45) is 2.49. The second-order valence-corrected chi connectivity index (χ2v) is 4.83. The van der Waals surface area contributed by atoms with Gasteiger partial charge in [0, 0.05) is 19.6 Å². The summed E-state index contributed by atoms with van der Waals surface area (Å²) in [5, 5.41) is 0. The molecule has 2 heteroatoms. The Morgan fingerprint density at radius 1 is 1.25 bits per heavy atom. The normalized spacial score (nSPS) is 17.4. The van der Waals surface area contributed by atoms with Crippen LogP contribution < -0.4 is 5.73 Å². The second kappa shape index (κ2) is 5.46. The summed E-state index contributed by atoms with van der Waals surface area (Å²) in [7, 11) is 0. The van der Waals surface area contributed by atoms with Crippen LogP contribution in [0.5, 0.6) is 0 Å². The Bertz CT molecular complexity index is 310. The number of rotatable bonds is 5. The van der Waals surface area contributed by atoms with Crippen LogP contribution in [0.15, 0.2) is 24.3 Å². The predicted octanol–water partition coefficient (Wildman–Crippen LogP) is 2.38. The average Bonchev–Trinajstić information content (AvgIpc) is 2.70. The molecule has 0 radical (unpaired) electrons. The number of nitrogens with zero attached hydrogens (tertiary/aromatic N) is 1. The predicted molar refractivity (Wildman–Crippen MR) is 68.0 cm³/mol. The van der Waals surface area contributed by atoms with Gasteiger partial charge in [0.1, 0.15) is 0 Å². The quantitative estimate of drug-likeness (QED) is 0.822. The van der Waals surface area contributed by atoms with E-state index in [4.69, 9.17) is 5.73 Å². The molecule has 0 saturated carbocycles. The maximum Gasteiger partial charge on any atom is 0.0240 e.